The predicted molar refractivity (Wildman–Crippen MR) is 63.6 cm³/mol. The highest BCUT2D eigenvalue weighted by Gasteiger charge is 2.08. The van der Waals surface area contributed by atoms with Gasteiger partial charge >= 0.3 is 0 Å². The lowest BCUT2D eigenvalue weighted by molar-refractivity contribution is -0.119. The Morgan fingerprint density at radius 3 is 3.00 bits per heavy atom. The Kier molecular flexibility index (Phi) is 2.78. The third kappa shape index (κ3) is 2.14. The summed E-state index contributed by atoms with van der Waals surface area (Å²) in [5.41, 5.74) is 2.56. The maximum absolute atomic E-state index is 10.9. The topological polar surface area (TPSA) is 58.0 Å². The fourth-order valence-electron chi connectivity index (χ4n) is 1.62. The van der Waals surface area contributed by atoms with Crippen LogP contribution in [0, 0.1) is 4.84 Å². The van der Waals surface area contributed by atoms with Gasteiger partial charge < -0.3 is 14.7 Å². The molecule has 0 radical (unpaired) electrons. The second-order valence-corrected chi connectivity index (χ2v) is 4.06. The van der Waals surface area contributed by atoms with Gasteiger partial charge in [-0.3, -0.25) is 4.79 Å². The number of oxazole rings is 1. The van der Waals surface area contributed by atoms with Gasteiger partial charge in [0.25, 0.3) is 4.84 Å². The van der Waals surface area contributed by atoms with Gasteiger partial charge in [0.15, 0.2) is 5.58 Å². The Balaban J connectivity index is 2.38. The van der Waals surface area contributed by atoms with Crippen LogP contribution in [0.1, 0.15) is 25.5 Å². The van der Waals surface area contributed by atoms with Crippen molar-refractivity contribution < 1.29 is 9.21 Å². The summed E-state index contributed by atoms with van der Waals surface area (Å²) in [7, 11) is 0. The highest BCUT2D eigenvalue weighted by atomic mass is 32.1. The lowest BCUT2D eigenvalue weighted by atomic mass is 10.1. The minimum atomic E-state index is -0.0532. The molecule has 1 aromatic heterocycles. The van der Waals surface area contributed by atoms with Crippen LogP contribution in [0.4, 0.5) is 0 Å². The number of carbonyl (C=O) groups excluding carboxylic acids is 1. The molecular weight excluding hydrogens is 224 g/mol. The molecule has 2 aromatic rings. The molecule has 5 heteroatoms. The fourth-order valence-corrected chi connectivity index (χ4v) is 1.82. The molecule has 2 rings (SSSR count). The average molecular weight is 236 g/mol. The van der Waals surface area contributed by atoms with Gasteiger partial charge in [-0.25, -0.2) is 0 Å². The number of aromatic amines is 1. The maximum Gasteiger partial charge on any atom is 0.266 e. The van der Waals surface area contributed by atoms with Crippen LogP contribution in [-0.4, -0.2) is 10.9 Å². The molecule has 0 aliphatic rings. The monoisotopic (exact) mass is 236 g/mol. The van der Waals surface area contributed by atoms with E-state index in [0.29, 0.717) is 10.4 Å². The van der Waals surface area contributed by atoms with Gasteiger partial charge in [0.2, 0.25) is 5.91 Å². The van der Waals surface area contributed by atoms with Crippen molar-refractivity contribution in [2.24, 2.45) is 0 Å². The van der Waals surface area contributed by atoms with Crippen LogP contribution in [0.3, 0.4) is 0 Å². The van der Waals surface area contributed by atoms with E-state index >= 15 is 0 Å². The number of carbonyl (C=O) groups is 1. The van der Waals surface area contributed by atoms with Gasteiger partial charge in [-0.2, -0.15) is 0 Å². The number of fused-ring (bicyclic) bond motifs is 1. The summed E-state index contributed by atoms with van der Waals surface area (Å²) in [6.07, 6.45) is 0. The smallest absolute Gasteiger partial charge is 0.266 e. The number of hydrogen-bond donors (Lipinski definition) is 2. The number of nitrogens with one attached hydrogen (secondary N) is 2. The van der Waals surface area contributed by atoms with E-state index in [1.165, 1.54) is 6.92 Å². The molecule has 4 nitrogen and oxygen atoms in total. The van der Waals surface area contributed by atoms with Crippen molar-refractivity contribution in [2.75, 3.05) is 0 Å². The van der Waals surface area contributed by atoms with Crippen LogP contribution in [-0.2, 0) is 4.79 Å². The molecule has 2 N–H and O–H groups in total. The van der Waals surface area contributed by atoms with E-state index in [-0.39, 0.29) is 11.9 Å². The average Bonchev–Trinajstić information content (AvgIpc) is 2.55. The number of rotatable bonds is 2. The van der Waals surface area contributed by atoms with Crippen molar-refractivity contribution in [3.05, 3.63) is 28.6 Å². The van der Waals surface area contributed by atoms with Gasteiger partial charge in [-0.05, 0) is 36.8 Å². The molecule has 0 fully saturated rings. The third-order valence-electron chi connectivity index (χ3n) is 2.36. The molecule has 0 unspecified atom stereocenters. The molecule has 0 bridgehead atoms. The summed E-state index contributed by atoms with van der Waals surface area (Å²) in [6.45, 7) is 3.42. The second-order valence-electron chi connectivity index (χ2n) is 3.69. The molecule has 1 heterocycles. The van der Waals surface area contributed by atoms with Gasteiger partial charge in [-0.15, -0.1) is 0 Å². The summed E-state index contributed by atoms with van der Waals surface area (Å²) in [4.78, 5) is 14.2. The van der Waals surface area contributed by atoms with Crippen molar-refractivity contribution in [1.29, 1.82) is 0 Å². The Hall–Kier alpha value is -1.62. The molecule has 1 atom stereocenters. The number of amides is 1. The number of aromatic nitrogens is 1. The van der Waals surface area contributed by atoms with E-state index in [2.05, 4.69) is 10.3 Å². The summed E-state index contributed by atoms with van der Waals surface area (Å²) in [5, 5.41) is 2.81. The first-order valence-electron chi connectivity index (χ1n) is 4.96. The fraction of sp³-hybridized carbons (Fsp3) is 0.273. The molecule has 1 aromatic carbocycles. The summed E-state index contributed by atoms with van der Waals surface area (Å²) < 4.78 is 5.31. The first-order valence-corrected chi connectivity index (χ1v) is 5.37. The van der Waals surface area contributed by atoms with Crippen molar-refractivity contribution in [3.8, 4) is 0 Å². The first kappa shape index (κ1) is 10.9. The van der Waals surface area contributed by atoms with E-state index in [0.717, 1.165) is 11.1 Å². The van der Waals surface area contributed by atoms with E-state index in [1.807, 2.05) is 25.1 Å². The lowest BCUT2D eigenvalue weighted by Crippen LogP contribution is -2.23. The molecule has 0 aliphatic heterocycles. The lowest BCUT2D eigenvalue weighted by Gasteiger charge is -2.12. The zero-order chi connectivity index (χ0) is 11.7. The van der Waals surface area contributed by atoms with E-state index in [4.69, 9.17) is 16.6 Å². The van der Waals surface area contributed by atoms with Crippen molar-refractivity contribution in [2.45, 2.75) is 19.9 Å². The van der Waals surface area contributed by atoms with Crippen LogP contribution in [0.25, 0.3) is 11.1 Å². The zero-order valence-corrected chi connectivity index (χ0v) is 9.85. The van der Waals surface area contributed by atoms with E-state index in [9.17, 15) is 4.79 Å². The standard InChI is InChI=1S/C11H12N2O2S/c1-6(12-7(2)14)8-3-4-9-10(5-8)15-11(16)13-9/h3-6H,1-2H3,(H,12,14)(H,13,16)/t6-/m1/s1. The molecule has 16 heavy (non-hydrogen) atoms. The van der Waals surface area contributed by atoms with Crippen molar-refractivity contribution in [1.82, 2.24) is 10.3 Å². The molecule has 0 saturated carbocycles. The predicted octanol–water partition coefficient (Wildman–Crippen LogP) is 2.69. The van der Waals surface area contributed by atoms with Crippen LogP contribution in [0.5, 0.6) is 0 Å². The van der Waals surface area contributed by atoms with Gasteiger partial charge in [-0.1, -0.05) is 6.07 Å². The molecule has 84 valence electrons. The van der Waals surface area contributed by atoms with Crippen LogP contribution >= 0.6 is 12.2 Å². The maximum atomic E-state index is 10.9. The Morgan fingerprint density at radius 1 is 1.56 bits per heavy atom. The third-order valence-corrected chi connectivity index (χ3v) is 2.55. The minimum absolute atomic E-state index is 0.0411. The molecule has 0 saturated heterocycles. The largest absolute Gasteiger partial charge is 0.429 e. The first-order chi connectivity index (χ1) is 7.56. The Labute approximate surface area is 97.7 Å². The molecule has 0 spiro atoms. The van der Waals surface area contributed by atoms with Crippen molar-refractivity contribution in [3.63, 3.8) is 0 Å². The quantitative estimate of drug-likeness (QED) is 0.788. The SMILES string of the molecule is CC(=O)N[C@H](C)c1ccc2[nH]c(=S)oc2c1. The van der Waals surface area contributed by atoms with Crippen LogP contribution in [0.2, 0.25) is 0 Å². The van der Waals surface area contributed by atoms with E-state index in [1.54, 1.807) is 0 Å². The number of benzene rings is 1. The van der Waals surface area contributed by atoms with Gasteiger partial charge in [0, 0.05) is 6.92 Å². The minimum Gasteiger partial charge on any atom is -0.429 e. The summed E-state index contributed by atoms with van der Waals surface area (Å²) in [5.74, 6) is -0.0532. The molecule has 0 aliphatic carbocycles. The number of hydrogen-bond acceptors (Lipinski definition) is 3. The van der Waals surface area contributed by atoms with Gasteiger partial charge in [0.05, 0.1) is 11.6 Å². The highest BCUT2D eigenvalue weighted by molar-refractivity contribution is 7.71. The van der Waals surface area contributed by atoms with Crippen LogP contribution in [0.15, 0.2) is 22.6 Å². The molecular formula is C11H12N2O2S. The summed E-state index contributed by atoms with van der Waals surface area (Å²) >= 11 is 4.90. The highest BCUT2D eigenvalue weighted by Crippen LogP contribution is 2.19. The summed E-state index contributed by atoms with van der Waals surface area (Å²) in [6, 6.07) is 5.66. The van der Waals surface area contributed by atoms with Crippen molar-refractivity contribution >= 4 is 29.2 Å². The van der Waals surface area contributed by atoms with Gasteiger partial charge in [0.1, 0.15) is 0 Å². The zero-order valence-electron chi connectivity index (χ0n) is 9.03. The number of H-pyrrole nitrogens is 1. The second kappa shape index (κ2) is 4.09. The normalized spacial score (nSPS) is 12.6. The Morgan fingerprint density at radius 2 is 2.31 bits per heavy atom. The Bertz CT molecular complexity index is 585. The van der Waals surface area contributed by atoms with E-state index < -0.39 is 0 Å². The molecule has 1 amide bonds. The van der Waals surface area contributed by atoms with Crippen LogP contribution < -0.4 is 5.32 Å².